The van der Waals surface area contributed by atoms with Gasteiger partial charge in [-0.3, -0.25) is 0 Å². The Morgan fingerprint density at radius 1 is 1.38 bits per heavy atom. The van der Waals surface area contributed by atoms with E-state index in [1.807, 2.05) is 0 Å². The van der Waals surface area contributed by atoms with E-state index in [2.05, 4.69) is 0 Å². The van der Waals surface area contributed by atoms with Crippen molar-refractivity contribution in [3.05, 3.63) is 7.43 Å². The fourth-order valence-corrected chi connectivity index (χ4v) is 0. The van der Waals surface area contributed by atoms with Gasteiger partial charge >= 0.3 is 29.2 Å². The molecule has 0 amide bonds. The van der Waals surface area contributed by atoms with Crippen LogP contribution in [-0.4, -0.2) is 46.5 Å². The summed E-state index contributed by atoms with van der Waals surface area (Å²) in [6, 6.07) is 0. The van der Waals surface area contributed by atoms with Crippen LogP contribution in [0.25, 0.3) is 0 Å². The van der Waals surface area contributed by atoms with Crippen molar-refractivity contribution >= 4 is 29.2 Å². The normalized spacial score (nSPS) is 3.75. The Hall–Kier alpha value is -0.00377. The Bertz CT molecular complexity index is 34.3. The van der Waals surface area contributed by atoms with Gasteiger partial charge in [-0.1, -0.05) is 0 Å². The predicted octanol–water partition coefficient (Wildman–Crippen LogP) is -0.732. The van der Waals surface area contributed by atoms with Gasteiger partial charge in [-0.15, -0.1) is 0 Å². The zero-order chi connectivity index (χ0) is 5.58. The summed E-state index contributed by atoms with van der Waals surface area (Å²) in [4.78, 5) is 8.56. The van der Waals surface area contributed by atoms with Crippen LogP contribution in [0.3, 0.4) is 0 Å². The topological polar surface area (TPSA) is 80.6 Å². The van der Waals surface area contributed by atoms with Crippen LogP contribution in [0.1, 0.15) is 0 Å². The first-order chi connectivity index (χ1) is 2.73. The average Bonchev–Trinajstić information content (AvgIpc) is 1.41. The second kappa shape index (κ2) is 28.0. The molecule has 0 aromatic heterocycles. The minimum Gasteiger partial charge on any atom is -0.857 e. The van der Waals surface area contributed by atoms with Crippen molar-refractivity contribution < 1.29 is 20.1 Å². The molecule has 0 bridgehead atoms. The van der Waals surface area contributed by atoms with Gasteiger partial charge in [0, 0.05) is 0 Å². The van der Waals surface area contributed by atoms with E-state index in [9.17, 15) is 0 Å². The smallest absolute Gasteiger partial charge is 0.857 e. The monoisotopic (exact) mass is 132 g/mol. The van der Waals surface area contributed by atoms with Crippen molar-refractivity contribution in [2.24, 2.45) is 0 Å². The van der Waals surface area contributed by atoms with E-state index < -0.39 is 6.16 Å². The van der Waals surface area contributed by atoms with Gasteiger partial charge in [-0.05, 0) is 0 Å². The second-order valence-electron chi connectivity index (χ2n) is 0.283. The SMILES string of the molecule is C[O-].O=C(O)O.[CH3-].[Mg+2]. The second-order valence-corrected chi connectivity index (χ2v) is 0.283. The molecule has 8 heavy (non-hydrogen) atoms. The Kier molecular flexibility index (Phi) is 85.8. The van der Waals surface area contributed by atoms with Gasteiger partial charge in [-0.2, -0.15) is 7.11 Å². The molecule has 0 aromatic rings. The molecule has 0 heterocycles. The first kappa shape index (κ1) is 24.5. The predicted molar refractivity (Wildman–Crippen MR) is 28.7 cm³/mol. The number of carbonyl (C=O) groups is 1. The third-order valence-electron chi connectivity index (χ3n) is 0. The molecule has 2 N–H and O–H groups in total. The van der Waals surface area contributed by atoms with E-state index in [4.69, 9.17) is 20.1 Å². The van der Waals surface area contributed by atoms with Gasteiger partial charge < -0.3 is 22.7 Å². The summed E-state index contributed by atoms with van der Waals surface area (Å²) in [6.45, 7) is 0. The largest absolute Gasteiger partial charge is 2.00 e. The first-order valence-corrected chi connectivity index (χ1v) is 1.06. The van der Waals surface area contributed by atoms with Crippen LogP contribution in [0.15, 0.2) is 0 Å². The zero-order valence-corrected chi connectivity index (χ0v) is 6.33. The summed E-state index contributed by atoms with van der Waals surface area (Å²) in [5.41, 5.74) is 0. The molecule has 0 spiro atoms. The average molecular weight is 132 g/mol. The van der Waals surface area contributed by atoms with Crippen molar-refractivity contribution in [2.75, 3.05) is 7.11 Å². The van der Waals surface area contributed by atoms with Gasteiger partial charge in [0.1, 0.15) is 0 Å². The Morgan fingerprint density at radius 2 is 1.38 bits per heavy atom. The maximum absolute atomic E-state index is 8.56. The van der Waals surface area contributed by atoms with Crippen molar-refractivity contribution in [1.29, 1.82) is 0 Å². The minimum atomic E-state index is -1.83. The van der Waals surface area contributed by atoms with Crippen LogP contribution in [0.5, 0.6) is 0 Å². The number of carboxylic acid groups (broad SMARTS) is 2. The van der Waals surface area contributed by atoms with Gasteiger partial charge in [0.15, 0.2) is 0 Å². The summed E-state index contributed by atoms with van der Waals surface area (Å²) < 4.78 is 0. The molecule has 0 saturated carbocycles. The maximum atomic E-state index is 8.56. The number of rotatable bonds is 0. The molecule has 0 aliphatic heterocycles. The summed E-state index contributed by atoms with van der Waals surface area (Å²) in [5.74, 6) is 0. The molecule has 0 aliphatic carbocycles. The van der Waals surface area contributed by atoms with Gasteiger partial charge in [0.25, 0.3) is 0 Å². The van der Waals surface area contributed by atoms with Crippen molar-refractivity contribution in [3.8, 4) is 0 Å². The molecule has 0 aliphatic rings. The molecule has 4 nitrogen and oxygen atoms in total. The van der Waals surface area contributed by atoms with Crippen LogP contribution in [-0.2, 0) is 0 Å². The molecular weight excluding hydrogens is 124 g/mol. The van der Waals surface area contributed by atoms with E-state index in [1.165, 1.54) is 0 Å². The molecule has 0 aromatic carbocycles. The molecule has 0 unspecified atom stereocenters. The van der Waals surface area contributed by atoms with Crippen LogP contribution >= 0.6 is 0 Å². The van der Waals surface area contributed by atoms with Gasteiger partial charge in [0.05, 0.1) is 0 Å². The summed E-state index contributed by atoms with van der Waals surface area (Å²) >= 11 is 0. The Balaban J connectivity index is -0.0000000183. The minimum absolute atomic E-state index is 0. The van der Waals surface area contributed by atoms with Crippen LogP contribution in [0.4, 0.5) is 4.79 Å². The van der Waals surface area contributed by atoms with Crippen molar-refractivity contribution in [2.45, 2.75) is 0 Å². The van der Waals surface area contributed by atoms with E-state index in [0.29, 0.717) is 0 Å². The third kappa shape index (κ3) is 10600000. The molecule has 0 rings (SSSR count). The Labute approximate surface area is 64.3 Å². The Morgan fingerprint density at radius 3 is 1.38 bits per heavy atom. The van der Waals surface area contributed by atoms with E-state index in [1.54, 1.807) is 0 Å². The van der Waals surface area contributed by atoms with Gasteiger partial charge in [-0.25, -0.2) is 4.79 Å². The first-order valence-electron chi connectivity index (χ1n) is 1.06. The molecule has 0 radical (unpaired) electrons. The van der Waals surface area contributed by atoms with Crippen molar-refractivity contribution in [3.63, 3.8) is 0 Å². The standard InChI is InChI=1S/CH2O3.CH3O.CH3.Mg/c2-1(3)4;1-2;;/h(H2,2,3,4);1H3;1H3;/q;2*-1;+2. The van der Waals surface area contributed by atoms with Crippen LogP contribution in [0.2, 0.25) is 0 Å². The molecule has 0 fully saturated rings. The summed E-state index contributed by atoms with van der Waals surface area (Å²) in [6.07, 6.45) is -1.83. The van der Waals surface area contributed by atoms with E-state index >= 15 is 0 Å². The molecule has 5 heteroatoms. The van der Waals surface area contributed by atoms with Crippen molar-refractivity contribution in [1.82, 2.24) is 0 Å². The van der Waals surface area contributed by atoms with Crippen LogP contribution in [0, 0.1) is 7.43 Å². The van der Waals surface area contributed by atoms with E-state index in [-0.39, 0.29) is 30.5 Å². The van der Waals surface area contributed by atoms with Crippen LogP contribution < -0.4 is 5.11 Å². The molecule has 46 valence electrons. The third-order valence-corrected chi connectivity index (χ3v) is 0. The van der Waals surface area contributed by atoms with Gasteiger partial charge in [0.2, 0.25) is 0 Å². The maximum Gasteiger partial charge on any atom is 2.00 e. The summed E-state index contributed by atoms with van der Waals surface area (Å²) in [7, 11) is 0.750. The summed E-state index contributed by atoms with van der Waals surface area (Å²) in [5, 5.41) is 22.2. The zero-order valence-electron chi connectivity index (χ0n) is 4.92. The number of hydrogen-bond donors (Lipinski definition) is 2. The quantitative estimate of drug-likeness (QED) is 0.336. The molecular formula is C3H8MgO4. The molecule has 0 saturated heterocycles. The number of hydrogen-bond acceptors (Lipinski definition) is 2. The fourth-order valence-electron chi connectivity index (χ4n) is 0. The fraction of sp³-hybridized carbons (Fsp3) is 0.333. The van der Waals surface area contributed by atoms with E-state index in [0.717, 1.165) is 7.11 Å². The molecule has 0 atom stereocenters.